The molecule has 0 bridgehead atoms. The van der Waals surface area contributed by atoms with Crippen LogP contribution in [0.5, 0.6) is 0 Å². The Bertz CT molecular complexity index is 219. The summed E-state index contributed by atoms with van der Waals surface area (Å²) in [4.78, 5) is 21.4. The summed E-state index contributed by atoms with van der Waals surface area (Å²) in [7, 11) is 0. The van der Waals surface area contributed by atoms with Crippen LogP contribution in [0.4, 0.5) is 0 Å². The van der Waals surface area contributed by atoms with E-state index in [-0.39, 0.29) is 12.8 Å². The SMILES string of the molecule is CC(C)(C)OC(=O)C(N)CCC(=O)O. The van der Waals surface area contributed by atoms with Gasteiger partial charge in [0.25, 0.3) is 0 Å². The Morgan fingerprint density at radius 3 is 2.29 bits per heavy atom. The molecule has 0 aromatic carbocycles. The molecule has 0 saturated carbocycles. The molecule has 1 unspecified atom stereocenters. The number of esters is 1. The summed E-state index contributed by atoms with van der Waals surface area (Å²) < 4.78 is 4.97. The highest BCUT2D eigenvalue weighted by Gasteiger charge is 2.22. The molecule has 14 heavy (non-hydrogen) atoms. The largest absolute Gasteiger partial charge is 0.481 e. The molecule has 0 saturated heterocycles. The topological polar surface area (TPSA) is 89.6 Å². The van der Waals surface area contributed by atoms with E-state index < -0.39 is 23.6 Å². The summed E-state index contributed by atoms with van der Waals surface area (Å²) in [5.74, 6) is -1.53. The second-order valence-electron chi connectivity index (χ2n) is 4.07. The number of carboxylic acid groups (broad SMARTS) is 1. The molecular weight excluding hydrogens is 186 g/mol. The van der Waals surface area contributed by atoms with Crippen LogP contribution in [0.1, 0.15) is 33.6 Å². The molecule has 0 aliphatic rings. The third-order valence-corrected chi connectivity index (χ3v) is 1.38. The van der Waals surface area contributed by atoms with Gasteiger partial charge in [-0.2, -0.15) is 0 Å². The Kier molecular flexibility index (Phi) is 4.56. The molecular formula is C9H17NO4. The predicted molar refractivity (Wildman–Crippen MR) is 50.7 cm³/mol. The molecule has 0 aliphatic carbocycles. The molecule has 0 rings (SSSR count). The highest BCUT2D eigenvalue weighted by Crippen LogP contribution is 2.09. The first-order chi connectivity index (χ1) is 6.22. The number of rotatable bonds is 4. The van der Waals surface area contributed by atoms with Crippen LogP contribution >= 0.6 is 0 Å². The van der Waals surface area contributed by atoms with Gasteiger partial charge in [0.15, 0.2) is 0 Å². The Balaban J connectivity index is 3.94. The van der Waals surface area contributed by atoms with Gasteiger partial charge in [-0.25, -0.2) is 0 Å². The predicted octanol–water partition coefficient (Wildman–Crippen LogP) is 0.520. The molecule has 0 heterocycles. The van der Waals surface area contributed by atoms with E-state index in [1.807, 2.05) is 0 Å². The van der Waals surface area contributed by atoms with Gasteiger partial charge >= 0.3 is 11.9 Å². The van der Waals surface area contributed by atoms with E-state index in [0.717, 1.165) is 0 Å². The van der Waals surface area contributed by atoms with Crippen molar-refractivity contribution in [2.24, 2.45) is 5.73 Å². The van der Waals surface area contributed by atoms with Crippen LogP contribution in [0.15, 0.2) is 0 Å². The van der Waals surface area contributed by atoms with Crippen molar-refractivity contribution >= 4 is 11.9 Å². The maximum absolute atomic E-state index is 11.2. The molecule has 0 aromatic rings. The molecule has 0 aliphatic heterocycles. The first-order valence-corrected chi connectivity index (χ1v) is 4.42. The highest BCUT2D eigenvalue weighted by atomic mass is 16.6. The summed E-state index contributed by atoms with van der Waals surface area (Å²) in [6, 6.07) is -0.856. The van der Waals surface area contributed by atoms with Crippen molar-refractivity contribution < 1.29 is 19.4 Å². The zero-order chi connectivity index (χ0) is 11.4. The summed E-state index contributed by atoms with van der Waals surface area (Å²) in [6.45, 7) is 5.19. The van der Waals surface area contributed by atoms with Crippen LogP contribution in [0, 0.1) is 0 Å². The number of carbonyl (C=O) groups is 2. The standard InChI is InChI=1S/C9H17NO4/c1-9(2,3)14-8(13)6(10)4-5-7(11)12/h6H,4-5,10H2,1-3H3,(H,11,12). The van der Waals surface area contributed by atoms with Gasteiger partial charge in [-0.3, -0.25) is 9.59 Å². The summed E-state index contributed by atoms with van der Waals surface area (Å²) in [5.41, 5.74) is 4.85. The zero-order valence-electron chi connectivity index (χ0n) is 8.74. The van der Waals surface area contributed by atoms with Crippen LogP contribution in [-0.2, 0) is 14.3 Å². The first-order valence-electron chi connectivity index (χ1n) is 4.42. The molecule has 5 heteroatoms. The summed E-state index contributed by atoms with van der Waals surface area (Å²) in [6.07, 6.45) is -0.0232. The van der Waals surface area contributed by atoms with Gasteiger partial charge in [-0.05, 0) is 27.2 Å². The molecule has 0 radical (unpaired) electrons. The number of aliphatic carboxylic acids is 1. The highest BCUT2D eigenvalue weighted by molar-refractivity contribution is 5.77. The average molecular weight is 203 g/mol. The van der Waals surface area contributed by atoms with Gasteiger partial charge in [0.1, 0.15) is 11.6 Å². The van der Waals surface area contributed by atoms with Gasteiger partial charge in [-0.1, -0.05) is 0 Å². The fourth-order valence-electron chi connectivity index (χ4n) is 0.774. The molecule has 0 spiro atoms. The van der Waals surface area contributed by atoms with E-state index >= 15 is 0 Å². The van der Waals surface area contributed by atoms with Crippen molar-refractivity contribution in [3.8, 4) is 0 Å². The Morgan fingerprint density at radius 1 is 1.43 bits per heavy atom. The van der Waals surface area contributed by atoms with Crippen LogP contribution in [0.25, 0.3) is 0 Å². The Morgan fingerprint density at radius 2 is 1.93 bits per heavy atom. The van der Waals surface area contributed by atoms with Gasteiger partial charge < -0.3 is 15.6 Å². The summed E-state index contributed by atoms with van der Waals surface area (Å²) >= 11 is 0. The van der Waals surface area contributed by atoms with Crippen LogP contribution in [0.3, 0.4) is 0 Å². The van der Waals surface area contributed by atoms with E-state index in [9.17, 15) is 9.59 Å². The lowest BCUT2D eigenvalue weighted by Crippen LogP contribution is -2.37. The molecule has 1 atom stereocenters. The number of hydrogen-bond donors (Lipinski definition) is 2. The van der Waals surface area contributed by atoms with Crippen molar-refractivity contribution in [3.05, 3.63) is 0 Å². The average Bonchev–Trinajstić information content (AvgIpc) is 1.96. The lowest BCUT2D eigenvalue weighted by molar-refractivity contribution is -0.156. The van der Waals surface area contributed by atoms with E-state index in [2.05, 4.69) is 0 Å². The first kappa shape index (κ1) is 12.9. The normalized spacial score (nSPS) is 13.4. The zero-order valence-corrected chi connectivity index (χ0v) is 8.74. The molecule has 0 amide bonds. The molecule has 3 N–H and O–H groups in total. The van der Waals surface area contributed by atoms with E-state index in [0.29, 0.717) is 0 Å². The third kappa shape index (κ3) is 6.42. The van der Waals surface area contributed by atoms with Crippen LogP contribution in [0.2, 0.25) is 0 Å². The van der Waals surface area contributed by atoms with E-state index in [1.54, 1.807) is 20.8 Å². The number of hydrogen-bond acceptors (Lipinski definition) is 4. The monoisotopic (exact) mass is 203 g/mol. The molecule has 82 valence electrons. The quantitative estimate of drug-likeness (QED) is 0.650. The van der Waals surface area contributed by atoms with Gasteiger partial charge in [0.05, 0.1) is 0 Å². The Hall–Kier alpha value is -1.10. The number of carboxylic acids is 1. The molecule has 0 aromatic heterocycles. The van der Waals surface area contributed by atoms with Gasteiger partial charge in [0, 0.05) is 6.42 Å². The minimum atomic E-state index is -0.969. The second-order valence-corrected chi connectivity index (χ2v) is 4.07. The van der Waals surface area contributed by atoms with Crippen molar-refractivity contribution in [2.75, 3.05) is 0 Å². The van der Waals surface area contributed by atoms with Gasteiger partial charge in [-0.15, -0.1) is 0 Å². The smallest absolute Gasteiger partial charge is 0.323 e. The number of carbonyl (C=O) groups excluding carboxylic acids is 1. The minimum absolute atomic E-state index is 0.101. The van der Waals surface area contributed by atoms with Crippen LogP contribution in [-0.4, -0.2) is 28.7 Å². The van der Waals surface area contributed by atoms with Gasteiger partial charge in [0.2, 0.25) is 0 Å². The maximum Gasteiger partial charge on any atom is 0.323 e. The second kappa shape index (κ2) is 4.95. The Labute approximate surface area is 83.2 Å². The van der Waals surface area contributed by atoms with Crippen LogP contribution < -0.4 is 5.73 Å². The maximum atomic E-state index is 11.2. The van der Waals surface area contributed by atoms with Crippen molar-refractivity contribution in [3.63, 3.8) is 0 Å². The van der Waals surface area contributed by atoms with Crippen molar-refractivity contribution in [1.29, 1.82) is 0 Å². The number of nitrogens with two attached hydrogens (primary N) is 1. The molecule has 0 fully saturated rings. The fourth-order valence-corrected chi connectivity index (χ4v) is 0.774. The van der Waals surface area contributed by atoms with E-state index in [1.165, 1.54) is 0 Å². The van der Waals surface area contributed by atoms with E-state index in [4.69, 9.17) is 15.6 Å². The minimum Gasteiger partial charge on any atom is -0.481 e. The number of ether oxygens (including phenoxy) is 1. The third-order valence-electron chi connectivity index (χ3n) is 1.38. The van der Waals surface area contributed by atoms with Crippen molar-refractivity contribution in [1.82, 2.24) is 0 Å². The lowest BCUT2D eigenvalue weighted by atomic mass is 10.1. The fraction of sp³-hybridized carbons (Fsp3) is 0.778. The summed E-state index contributed by atoms with van der Waals surface area (Å²) in [5, 5.41) is 8.37. The lowest BCUT2D eigenvalue weighted by Gasteiger charge is -2.21. The molecule has 5 nitrogen and oxygen atoms in total. The van der Waals surface area contributed by atoms with Crippen molar-refractivity contribution in [2.45, 2.75) is 45.3 Å².